The third-order valence-electron chi connectivity index (χ3n) is 0.289. The Hall–Kier alpha value is 0.790. The molecule has 0 atom stereocenters. The zero-order chi connectivity index (χ0) is 3.41. The van der Waals surface area contributed by atoms with Gasteiger partial charge in [0, 0.05) is 0 Å². The lowest BCUT2D eigenvalue weighted by Crippen LogP contribution is -1.93. The average Bonchev–Trinajstić information content (AvgIpc) is 1.37. The first kappa shape index (κ1) is 37.1. The predicted molar refractivity (Wildman–Crippen MR) is 46.1 cm³/mol. The fraction of sp³-hybridized carbons (Fsp3) is 1.00. The van der Waals surface area contributed by atoms with E-state index in [-0.39, 0.29) is 43.4 Å². The second-order valence-electron chi connectivity index (χ2n) is 0.789. The molecule has 0 aliphatic rings. The summed E-state index contributed by atoms with van der Waals surface area (Å²) in [5, 5.41) is 0. The standard InChI is InChI=1S/C3H9N.3ClH.H3N/c1-2-3-4;;;;/h2-4H2,1H3;3*1H;1H3. The van der Waals surface area contributed by atoms with Crippen molar-refractivity contribution < 1.29 is 0 Å². The Morgan fingerprint density at radius 2 is 1.25 bits per heavy atom. The summed E-state index contributed by atoms with van der Waals surface area (Å²) in [6, 6.07) is 0. The van der Waals surface area contributed by atoms with E-state index < -0.39 is 0 Å². The van der Waals surface area contributed by atoms with Crippen LogP contribution in [0.1, 0.15) is 13.3 Å². The van der Waals surface area contributed by atoms with Gasteiger partial charge in [0.2, 0.25) is 0 Å². The summed E-state index contributed by atoms with van der Waals surface area (Å²) in [6.07, 6.45) is 1.10. The van der Waals surface area contributed by atoms with E-state index >= 15 is 0 Å². The SMILES string of the molecule is CCCN.Cl.Cl.Cl.N. The minimum atomic E-state index is 0. The lowest BCUT2D eigenvalue weighted by atomic mass is 10.5. The molecule has 0 fully saturated rings. The van der Waals surface area contributed by atoms with Crippen molar-refractivity contribution in [2.45, 2.75) is 13.3 Å². The van der Waals surface area contributed by atoms with Crippen LogP contribution in [0.2, 0.25) is 0 Å². The third-order valence-corrected chi connectivity index (χ3v) is 0.289. The van der Waals surface area contributed by atoms with E-state index in [2.05, 4.69) is 6.92 Å². The first-order valence-electron chi connectivity index (χ1n) is 1.62. The van der Waals surface area contributed by atoms with Crippen LogP contribution in [0.25, 0.3) is 0 Å². The van der Waals surface area contributed by atoms with Crippen LogP contribution >= 0.6 is 37.2 Å². The minimum Gasteiger partial charge on any atom is -0.344 e. The van der Waals surface area contributed by atoms with Crippen molar-refractivity contribution in [1.29, 1.82) is 0 Å². The Bertz CT molecular complexity index is 14.5. The zero-order valence-electron chi connectivity index (χ0n) is 4.92. The Kier molecular flexibility index (Phi) is 214. The van der Waals surface area contributed by atoms with Gasteiger partial charge in [-0.1, -0.05) is 6.92 Å². The zero-order valence-corrected chi connectivity index (χ0v) is 7.37. The van der Waals surface area contributed by atoms with Crippen molar-refractivity contribution in [3.63, 3.8) is 0 Å². The first-order valence-corrected chi connectivity index (χ1v) is 1.62. The maximum absolute atomic E-state index is 5.03. The van der Waals surface area contributed by atoms with Crippen molar-refractivity contribution in [3.05, 3.63) is 0 Å². The number of hydrogen-bond acceptors (Lipinski definition) is 2. The Labute approximate surface area is 69.4 Å². The highest BCUT2D eigenvalue weighted by molar-refractivity contribution is 5.86. The fourth-order valence-corrected chi connectivity index (χ4v) is 0. The third kappa shape index (κ3) is 71.0. The molecule has 0 aromatic rings. The van der Waals surface area contributed by atoms with E-state index in [1.165, 1.54) is 0 Å². The molecule has 0 amide bonds. The molecule has 5 N–H and O–H groups in total. The second kappa shape index (κ2) is 46.1. The molecule has 0 aromatic carbocycles. The quantitative estimate of drug-likeness (QED) is 0.654. The van der Waals surface area contributed by atoms with Crippen LogP contribution in [0.5, 0.6) is 0 Å². The van der Waals surface area contributed by atoms with Gasteiger partial charge in [-0.3, -0.25) is 0 Å². The normalized spacial score (nSPS) is 3.75. The molecular weight excluding hydrogens is 170 g/mol. The van der Waals surface area contributed by atoms with Crippen molar-refractivity contribution in [1.82, 2.24) is 6.15 Å². The van der Waals surface area contributed by atoms with Gasteiger partial charge < -0.3 is 11.9 Å². The van der Waals surface area contributed by atoms with Gasteiger partial charge in [-0.25, -0.2) is 0 Å². The molecule has 5 heteroatoms. The number of hydrogen-bond donors (Lipinski definition) is 2. The van der Waals surface area contributed by atoms with Gasteiger partial charge in [-0.15, -0.1) is 37.2 Å². The largest absolute Gasteiger partial charge is 0.344 e. The van der Waals surface area contributed by atoms with Crippen LogP contribution in [0.3, 0.4) is 0 Å². The smallest absolute Gasteiger partial charge is 0.00799 e. The molecule has 8 heavy (non-hydrogen) atoms. The number of halogens is 3. The molecule has 0 heterocycles. The van der Waals surface area contributed by atoms with Crippen LogP contribution < -0.4 is 11.9 Å². The molecule has 0 aliphatic carbocycles. The highest BCUT2D eigenvalue weighted by Crippen LogP contribution is 1.57. The van der Waals surface area contributed by atoms with Crippen LogP contribution in [-0.4, -0.2) is 6.54 Å². The molecule has 0 saturated heterocycles. The summed E-state index contributed by atoms with van der Waals surface area (Å²) in [5.74, 6) is 0. The van der Waals surface area contributed by atoms with Crippen molar-refractivity contribution in [2.75, 3.05) is 6.54 Å². The van der Waals surface area contributed by atoms with Gasteiger partial charge in [-0.2, -0.15) is 0 Å². The second-order valence-corrected chi connectivity index (χ2v) is 0.789. The number of nitrogens with two attached hydrogens (primary N) is 1. The predicted octanol–water partition coefficient (Wildman–Crippen LogP) is 1.78. The molecule has 58 valence electrons. The summed E-state index contributed by atoms with van der Waals surface area (Å²) < 4.78 is 0. The summed E-state index contributed by atoms with van der Waals surface area (Å²) >= 11 is 0. The molecule has 0 unspecified atom stereocenters. The van der Waals surface area contributed by atoms with E-state index in [0.717, 1.165) is 13.0 Å². The highest BCUT2D eigenvalue weighted by Gasteiger charge is 1.55. The lowest BCUT2D eigenvalue weighted by Gasteiger charge is -1.70. The van der Waals surface area contributed by atoms with Crippen LogP contribution in [0.15, 0.2) is 0 Å². The van der Waals surface area contributed by atoms with Crippen molar-refractivity contribution in [3.8, 4) is 0 Å². The molecule has 0 aliphatic heterocycles. The number of rotatable bonds is 1. The van der Waals surface area contributed by atoms with E-state index in [0.29, 0.717) is 0 Å². The summed E-state index contributed by atoms with van der Waals surface area (Å²) in [5.41, 5.74) is 5.03. The van der Waals surface area contributed by atoms with E-state index in [1.807, 2.05) is 0 Å². The highest BCUT2D eigenvalue weighted by atomic mass is 35.5. The Morgan fingerprint density at radius 3 is 1.25 bits per heavy atom. The molecule has 2 nitrogen and oxygen atoms in total. The van der Waals surface area contributed by atoms with Crippen molar-refractivity contribution >= 4 is 37.2 Å². The van der Waals surface area contributed by atoms with Crippen molar-refractivity contribution in [2.24, 2.45) is 5.73 Å². The molecule has 0 spiro atoms. The van der Waals surface area contributed by atoms with Gasteiger partial charge in [0.05, 0.1) is 0 Å². The summed E-state index contributed by atoms with van der Waals surface area (Å²) in [4.78, 5) is 0. The lowest BCUT2D eigenvalue weighted by molar-refractivity contribution is 0.932. The average molecular weight is 186 g/mol. The first-order chi connectivity index (χ1) is 1.91. The van der Waals surface area contributed by atoms with Crippen LogP contribution in [0, 0.1) is 0 Å². The molecule has 0 rings (SSSR count). The summed E-state index contributed by atoms with van der Waals surface area (Å²) in [6.45, 7) is 2.88. The Balaban J connectivity index is -0.00000000750. The van der Waals surface area contributed by atoms with Gasteiger partial charge in [-0.05, 0) is 13.0 Å². The molecular formula is C3H15Cl3N2. The summed E-state index contributed by atoms with van der Waals surface area (Å²) in [7, 11) is 0. The fourth-order valence-electron chi connectivity index (χ4n) is 0. The van der Waals surface area contributed by atoms with Gasteiger partial charge >= 0.3 is 0 Å². The van der Waals surface area contributed by atoms with E-state index in [4.69, 9.17) is 5.73 Å². The maximum Gasteiger partial charge on any atom is -0.00799 e. The minimum absolute atomic E-state index is 0. The van der Waals surface area contributed by atoms with Crippen LogP contribution in [0.4, 0.5) is 0 Å². The molecule has 0 radical (unpaired) electrons. The molecule has 0 saturated carbocycles. The maximum atomic E-state index is 5.03. The van der Waals surface area contributed by atoms with Crippen LogP contribution in [-0.2, 0) is 0 Å². The van der Waals surface area contributed by atoms with E-state index in [9.17, 15) is 0 Å². The molecule has 0 aromatic heterocycles. The topological polar surface area (TPSA) is 61.0 Å². The van der Waals surface area contributed by atoms with E-state index in [1.54, 1.807) is 0 Å². The van der Waals surface area contributed by atoms with Gasteiger partial charge in [0.1, 0.15) is 0 Å². The van der Waals surface area contributed by atoms with Gasteiger partial charge in [0.25, 0.3) is 0 Å². The monoisotopic (exact) mass is 184 g/mol. The molecule has 0 bridgehead atoms. The van der Waals surface area contributed by atoms with Gasteiger partial charge in [0.15, 0.2) is 0 Å². The Morgan fingerprint density at radius 1 is 1.12 bits per heavy atom.